The quantitative estimate of drug-likeness (QED) is 0.524. The lowest BCUT2D eigenvalue weighted by molar-refractivity contribution is 0.565. The Morgan fingerprint density at radius 2 is 2.40 bits per heavy atom. The average molecular weight is 140 g/mol. The normalized spacial score (nSPS) is 25.7. The van der Waals surface area contributed by atoms with Crippen molar-refractivity contribution >= 4 is 0 Å². The SMILES string of the molecule is CCC1C=C(F)C(C)=CC1. The van der Waals surface area contributed by atoms with Crippen LogP contribution in [0.1, 0.15) is 26.7 Å². The smallest absolute Gasteiger partial charge is 0.122 e. The van der Waals surface area contributed by atoms with Gasteiger partial charge < -0.3 is 0 Å². The van der Waals surface area contributed by atoms with Crippen LogP contribution in [0.15, 0.2) is 23.6 Å². The summed E-state index contributed by atoms with van der Waals surface area (Å²) in [7, 11) is 0. The molecule has 0 bridgehead atoms. The molecular weight excluding hydrogens is 127 g/mol. The third-order valence-corrected chi connectivity index (χ3v) is 2.01. The van der Waals surface area contributed by atoms with Crippen molar-refractivity contribution in [1.29, 1.82) is 0 Å². The lowest BCUT2D eigenvalue weighted by atomic mass is 9.94. The van der Waals surface area contributed by atoms with E-state index in [1.165, 1.54) is 0 Å². The Labute approximate surface area is 61.4 Å². The molecular formula is C9H13F. The van der Waals surface area contributed by atoms with Crippen molar-refractivity contribution in [3.63, 3.8) is 0 Å². The average Bonchev–Trinajstić information content (AvgIpc) is 1.95. The molecule has 0 radical (unpaired) electrons. The van der Waals surface area contributed by atoms with E-state index in [9.17, 15) is 4.39 Å². The molecule has 10 heavy (non-hydrogen) atoms. The lowest BCUT2D eigenvalue weighted by Crippen LogP contribution is -1.99. The molecule has 0 aliphatic heterocycles. The largest absolute Gasteiger partial charge is 0.207 e. The van der Waals surface area contributed by atoms with E-state index in [1.54, 1.807) is 6.08 Å². The molecule has 0 aromatic heterocycles. The van der Waals surface area contributed by atoms with E-state index in [2.05, 4.69) is 6.92 Å². The standard InChI is InChI=1S/C9H13F/c1-3-8-5-4-7(2)9(10)6-8/h4,6,8H,3,5H2,1-2H3. The van der Waals surface area contributed by atoms with Crippen molar-refractivity contribution in [2.45, 2.75) is 26.7 Å². The third kappa shape index (κ3) is 1.47. The van der Waals surface area contributed by atoms with Crippen LogP contribution in [0.5, 0.6) is 0 Å². The van der Waals surface area contributed by atoms with Crippen LogP contribution in [0.2, 0.25) is 0 Å². The predicted octanol–water partition coefficient (Wildman–Crippen LogP) is 3.22. The molecule has 56 valence electrons. The summed E-state index contributed by atoms with van der Waals surface area (Å²) in [5, 5.41) is 0. The van der Waals surface area contributed by atoms with Gasteiger partial charge in [-0.2, -0.15) is 0 Å². The Kier molecular flexibility index (Phi) is 2.25. The molecule has 0 fully saturated rings. The zero-order chi connectivity index (χ0) is 7.56. The first-order valence-corrected chi connectivity index (χ1v) is 3.78. The fourth-order valence-electron chi connectivity index (χ4n) is 1.12. The fraction of sp³-hybridized carbons (Fsp3) is 0.556. The number of rotatable bonds is 1. The minimum absolute atomic E-state index is 0.0295. The van der Waals surface area contributed by atoms with Crippen LogP contribution in [0.25, 0.3) is 0 Å². The van der Waals surface area contributed by atoms with E-state index in [0.717, 1.165) is 18.4 Å². The molecule has 0 N–H and O–H groups in total. The first-order chi connectivity index (χ1) is 4.74. The van der Waals surface area contributed by atoms with Crippen molar-refractivity contribution in [3.05, 3.63) is 23.6 Å². The number of hydrogen-bond acceptors (Lipinski definition) is 0. The molecule has 1 aliphatic carbocycles. The highest BCUT2D eigenvalue weighted by Gasteiger charge is 2.10. The van der Waals surface area contributed by atoms with Crippen LogP contribution in [0.4, 0.5) is 4.39 Å². The van der Waals surface area contributed by atoms with Gasteiger partial charge in [0.05, 0.1) is 0 Å². The second-order valence-corrected chi connectivity index (χ2v) is 2.81. The monoisotopic (exact) mass is 140 g/mol. The van der Waals surface area contributed by atoms with Gasteiger partial charge in [0.25, 0.3) is 0 Å². The van der Waals surface area contributed by atoms with Crippen molar-refractivity contribution in [2.75, 3.05) is 0 Å². The Morgan fingerprint density at radius 3 is 2.90 bits per heavy atom. The molecule has 1 aliphatic rings. The molecule has 1 unspecified atom stereocenters. The third-order valence-electron chi connectivity index (χ3n) is 2.01. The molecule has 1 heteroatoms. The summed E-state index contributed by atoms with van der Waals surface area (Å²) in [6.45, 7) is 3.90. The maximum absolute atomic E-state index is 12.8. The van der Waals surface area contributed by atoms with Gasteiger partial charge in [-0.3, -0.25) is 0 Å². The van der Waals surface area contributed by atoms with Gasteiger partial charge in [0, 0.05) is 0 Å². The summed E-state index contributed by atoms with van der Waals surface area (Å²) in [5.74, 6) is 0.404. The summed E-state index contributed by atoms with van der Waals surface area (Å²) in [6.07, 6.45) is 5.76. The first-order valence-electron chi connectivity index (χ1n) is 3.78. The summed E-state index contributed by atoms with van der Waals surface area (Å²) in [6, 6.07) is 0. The molecule has 1 atom stereocenters. The summed E-state index contributed by atoms with van der Waals surface area (Å²) >= 11 is 0. The summed E-state index contributed by atoms with van der Waals surface area (Å²) in [4.78, 5) is 0. The predicted molar refractivity (Wildman–Crippen MR) is 41.3 cm³/mol. The van der Waals surface area contributed by atoms with Crippen LogP contribution in [-0.2, 0) is 0 Å². The molecule has 0 amide bonds. The van der Waals surface area contributed by atoms with E-state index in [4.69, 9.17) is 0 Å². The molecule has 0 saturated carbocycles. The Bertz CT molecular complexity index is 177. The second kappa shape index (κ2) is 3.00. The molecule has 1 rings (SSSR count). The Morgan fingerprint density at radius 1 is 1.70 bits per heavy atom. The molecule has 0 nitrogen and oxygen atoms in total. The van der Waals surface area contributed by atoms with Crippen LogP contribution < -0.4 is 0 Å². The van der Waals surface area contributed by atoms with Crippen molar-refractivity contribution < 1.29 is 4.39 Å². The Balaban J connectivity index is 2.66. The second-order valence-electron chi connectivity index (χ2n) is 2.81. The van der Waals surface area contributed by atoms with Crippen LogP contribution in [0.3, 0.4) is 0 Å². The molecule has 0 spiro atoms. The van der Waals surface area contributed by atoms with E-state index in [0.29, 0.717) is 5.92 Å². The highest BCUT2D eigenvalue weighted by atomic mass is 19.1. The molecule has 0 heterocycles. The van der Waals surface area contributed by atoms with Gasteiger partial charge in [0.15, 0.2) is 0 Å². The lowest BCUT2D eigenvalue weighted by Gasteiger charge is -2.13. The van der Waals surface area contributed by atoms with Gasteiger partial charge in [-0.25, -0.2) is 4.39 Å². The minimum atomic E-state index is -0.0295. The van der Waals surface area contributed by atoms with Gasteiger partial charge in [-0.15, -0.1) is 0 Å². The number of hydrogen-bond donors (Lipinski definition) is 0. The molecule has 0 aromatic carbocycles. The topological polar surface area (TPSA) is 0 Å². The van der Waals surface area contributed by atoms with Gasteiger partial charge in [0.1, 0.15) is 5.83 Å². The van der Waals surface area contributed by atoms with Gasteiger partial charge >= 0.3 is 0 Å². The van der Waals surface area contributed by atoms with Crippen LogP contribution in [0, 0.1) is 5.92 Å². The van der Waals surface area contributed by atoms with Crippen molar-refractivity contribution in [3.8, 4) is 0 Å². The van der Waals surface area contributed by atoms with E-state index in [1.807, 2.05) is 13.0 Å². The zero-order valence-electron chi connectivity index (χ0n) is 6.52. The maximum Gasteiger partial charge on any atom is 0.122 e. The van der Waals surface area contributed by atoms with Crippen LogP contribution >= 0.6 is 0 Å². The first kappa shape index (κ1) is 7.52. The van der Waals surface area contributed by atoms with E-state index < -0.39 is 0 Å². The fourth-order valence-corrected chi connectivity index (χ4v) is 1.12. The van der Waals surface area contributed by atoms with Crippen molar-refractivity contribution in [2.24, 2.45) is 5.92 Å². The van der Waals surface area contributed by atoms with Gasteiger partial charge in [-0.05, 0) is 37.3 Å². The van der Waals surface area contributed by atoms with Gasteiger partial charge in [0.2, 0.25) is 0 Å². The highest BCUT2D eigenvalue weighted by Crippen LogP contribution is 2.24. The molecule has 0 saturated heterocycles. The number of allylic oxidation sites excluding steroid dienone is 4. The van der Waals surface area contributed by atoms with Crippen LogP contribution in [-0.4, -0.2) is 0 Å². The van der Waals surface area contributed by atoms with E-state index in [-0.39, 0.29) is 5.83 Å². The summed E-state index contributed by atoms with van der Waals surface area (Å²) < 4.78 is 12.8. The molecule has 0 aromatic rings. The van der Waals surface area contributed by atoms with Gasteiger partial charge in [-0.1, -0.05) is 13.0 Å². The van der Waals surface area contributed by atoms with E-state index >= 15 is 0 Å². The summed E-state index contributed by atoms with van der Waals surface area (Å²) in [5.41, 5.74) is 0.796. The zero-order valence-corrected chi connectivity index (χ0v) is 6.52. The minimum Gasteiger partial charge on any atom is -0.207 e. The highest BCUT2D eigenvalue weighted by molar-refractivity contribution is 5.27. The Hall–Kier alpha value is -0.590. The maximum atomic E-state index is 12.8. The van der Waals surface area contributed by atoms with Crippen molar-refractivity contribution in [1.82, 2.24) is 0 Å². The number of halogens is 1.